The molecule has 29 heavy (non-hydrogen) atoms. The Kier molecular flexibility index (Phi) is 8.05. The van der Waals surface area contributed by atoms with Crippen LogP contribution in [0.4, 0.5) is 4.39 Å². The molecule has 1 heterocycles. The first-order valence-corrected chi connectivity index (χ1v) is 9.21. The van der Waals surface area contributed by atoms with Crippen LogP contribution in [0.2, 0.25) is 0 Å². The van der Waals surface area contributed by atoms with Gasteiger partial charge in [-0.25, -0.2) is 9.18 Å². The highest BCUT2D eigenvalue weighted by molar-refractivity contribution is 5.81. The summed E-state index contributed by atoms with van der Waals surface area (Å²) in [7, 11) is 0. The van der Waals surface area contributed by atoms with Crippen molar-refractivity contribution in [2.75, 3.05) is 13.3 Å². The van der Waals surface area contributed by atoms with Gasteiger partial charge < -0.3 is 35.3 Å². The summed E-state index contributed by atoms with van der Waals surface area (Å²) in [5.41, 5.74) is 4.29. The van der Waals surface area contributed by atoms with Crippen molar-refractivity contribution in [1.82, 2.24) is 0 Å². The van der Waals surface area contributed by atoms with Gasteiger partial charge in [0, 0.05) is 12.8 Å². The van der Waals surface area contributed by atoms with Gasteiger partial charge in [0.05, 0.1) is 6.61 Å². The molecule has 0 amide bonds. The lowest BCUT2D eigenvalue weighted by Crippen LogP contribution is -2.58. The molecule has 1 aliphatic heterocycles. The van der Waals surface area contributed by atoms with E-state index in [2.05, 4.69) is 0 Å². The van der Waals surface area contributed by atoms with Crippen molar-refractivity contribution in [3.8, 4) is 5.75 Å². The molecule has 1 aromatic rings. The summed E-state index contributed by atoms with van der Waals surface area (Å²) in [5.74, 6) is -1.24. The van der Waals surface area contributed by atoms with Crippen LogP contribution in [0.25, 0.3) is 0 Å². The highest BCUT2D eigenvalue weighted by Gasteiger charge is 2.44. The molecule has 0 spiro atoms. The van der Waals surface area contributed by atoms with E-state index < -0.39 is 42.8 Å². The lowest BCUT2D eigenvalue weighted by atomic mass is 9.93. The minimum Gasteiger partial charge on any atom is -0.431 e. The van der Waals surface area contributed by atoms with E-state index >= 15 is 0 Å². The lowest BCUT2D eigenvalue weighted by molar-refractivity contribution is -0.265. The first-order chi connectivity index (χ1) is 13.7. The van der Waals surface area contributed by atoms with Gasteiger partial charge in [0.2, 0.25) is 6.29 Å². The summed E-state index contributed by atoms with van der Waals surface area (Å²) >= 11 is 0. The molecule has 1 aromatic carbocycles. The van der Waals surface area contributed by atoms with Gasteiger partial charge in [-0.1, -0.05) is 19.1 Å². The average Bonchev–Trinajstić information content (AvgIpc) is 2.70. The van der Waals surface area contributed by atoms with Crippen LogP contribution in [0.15, 0.2) is 24.3 Å². The van der Waals surface area contributed by atoms with Crippen molar-refractivity contribution in [1.29, 1.82) is 0 Å². The van der Waals surface area contributed by atoms with Crippen molar-refractivity contribution in [2.45, 2.75) is 56.3 Å². The van der Waals surface area contributed by atoms with Gasteiger partial charge >= 0.3 is 11.9 Å². The van der Waals surface area contributed by atoms with E-state index in [9.17, 15) is 29.3 Å². The number of aliphatic hydroxyl groups is 3. The molecule has 0 saturated carbocycles. The average molecular weight is 415 g/mol. The summed E-state index contributed by atoms with van der Waals surface area (Å²) in [6, 6.07) is 6.06. The van der Waals surface area contributed by atoms with Crippen LogP contribution in [0.5, 0.6) is 5.75 Å². The highest BCUT2D eigenvalue weighted by Crippen LogP contribution is 2.22. The fourth-order valence-corrected chi connectivity index (χ4v) is 2.71. The van der Waals surface area contributed by atoms with Crippen LogP contribution in [0, 0.1) is 0 Å². The molecule has 10 heteroatoms. The zero-order valence-electron chi connectivity index (χ0n) is 16.0. The molecule has 162 valence electrons. The number of rotatable bonds is 8. The molecule has 5 N–H and O–H groups in total. The Morgan fingerprint density at radius 1 is 1.24 bits per heavy atom. The number of carbonyl (C=O) groups is 2. The molecule has 1 saturated heterocycles. The number of carbonyl (C=O) groups excluding carboxylic acids is 2. The van der Waals surface area contributed by atoms with Crippen LogP contribution < -0.4 is 10.5 Å². The third-order valence-electron chi connectivity index (χ3n) is 4.45. The Morgan fingerprint density at radius 2 is 1.90 bits per heavy atom. The largest absolute Gasteiger partial charge is 0.431 e. The predicted octanol–water partition coefficient (Wildman–Crippen LogP) is -0.416. The van der Waals surface area contributed by atoms with E-state index in [0.717, 1.165) is 0 Å². The van der Waals surface area contributed by atoms with Crippen molar-refractivity contribution in [3.05, 3.63) is 29.8 Å². The third-order valence-corrected chi connectivity index (χ3v) is 4.45. The summed E-state index contributed by atoms with van der Waals surface area (Å²) in [4.78, 5) is 23.9. The highest BCUT2D eigenvalue weighted by atomic mass is 19.1. The van der Waals surface area contributed by atoms with Crippen LogP contribution in [0.3, 0.4) is 0 Å². The smallest absolute Gasteiger partial charge is 0.331 e. The first-order valence-electron chi connectivity index (χ1n) is 9.21. The third kappa shape index (κ3) is 5.94. The van der Waals surface area contributed by atoms with Gasteiger partial charge in [0.25, 0.3) is 0 Å². The van der Waals surface area contributed by atoms with Crippen LogP contribution >= 0.6 is 0 Å². The molecule has 9 nitrogen and oxygen atoms in total. The molecule has 0 aliphatic carbocycles. The van der Waals surface area contributed by atoms with E-state index in [-0.39, 0.29) is 25.4 Å². The molecule has 1 fully saturated rings. The fraction of sp³-hybridized carbons (Fsp3) is 0.579. The van der Waals surface area contributed by atoms with Crippen LogP contribution in [-0.4, -0.2) is 70.7 Å². The number of hydrogen-bond acceptors (Lipinski definition) is 9. The Bertz CT molecular complexity index is 700. The second-order valence-electron chi connectivity index (χ2n) is 6.99. The second-order valence-corrected chi connectivity index (χ2v) is 6.99. The van der Waals surface area contributed by atoms with E-state index in [4.69, 9.17) is 19.9 Å². The van der Waals surface area contributed by atoms with Crippen molar-refractivity contribution < 1.29 is 43.5 Å². The van der Waals surface area contributed by atoms with Crippen molar-refractivity contribution >= 4 is 11.9 Å². The molecule has 5 atom stereocenters. The van der Waals surface area contributed by atoms with Gasteiger partial charge in [0.1, 0.15) is 36.3 Å². The second kappa shape index (κ2) is 10.1. The molecule has 0 bridgehead atoms. The Morgan fingerprint density at radius 3 is 2.48 bits per heavy atom. The summed E-state index contributed by atoms with van der Waals surface area (Å²) in [6.45, 7) is 0.218. The Labute approximate surface area is 167 Å². The van der Waals surface area contributed by atoms with Gasteiger partial charge in [-0.2, -0.15) is 0 Å². The minimum atomic E-state index is -2.06. The molecule has 1 unspecified atom stereocenters. The van der Waals surface area contributed by atoms with E-state index in [1.165, 1.54) is 24.3 Å². The SMILES string of the molecule is CCCC(=O)Oc1ccc(C[C@](N)(CF)C(=O)O[C@@H]2OCC(O)[C@H](O)[C@H]2O)cc1. The molecular weight excluding hydrogens is 389 g/mol. The number of halogens is 1. The molecule has 0 radical (unpaired) electrons. The standard InChI is InChI=1S/C19H26FNO8/c1-2-3-14(23)28-12-6-4-11(5-7-12)8-19(21,10-20)18(26)29-17-16(25)15(24)13(22)9-27-17/h4-7,13,15-17,22,24-25H,2-3,8-10,21H2,1H3/t13?,15-,16+,17-,19-/m0/s1. The van der Waals surface area contributed by atoms with Crippen molar-refractivity contribution in [2.24, 2.45) is 5.73 Å². The number of alkyl halides is 1. The predicted molar refractivity (Wildman–Crippen MR) is 97.4 cm³/mol. The molecule has 1 aliphatic rings. The normalized spacial score (nSPS) is 26.4. The number of hydrogen-bond donors (Lipinski definition) is 4. The van der Waals surface area contributed by atoms with E-state index in [1.807, 2.05) is 6.92 Å². The monoisotopic (exact) mass is 415 g/mol. The maximum absolute atomic E-state index is 13.6. The summed E-state index contributed by atoms with van der Waals surface area (Å²) in [5, 5.41) is 28.9. The van der Waals surface area contributed by atoms with Crippen LogP contribution in [0.1, 0.15) is 25.3 Å². The zero-order valence-corrected chi connectivity index (χ0v) is 16.0. The Balaban J connectivity index is 2.01. The van der Waals surface area contributed by atoms with Gasteiger partial charge in [-0.15, -0.1) is 0 Å². The quantitative estimate of drug-likeness (QED) is 0.328. The number of ether oxygens (including phenoxy) is 3. The van der Waals surface area contributed by atoms with Gasteiger partial charge in [0.15, 0.2) is 0 Å². The number of esters is 2. The van der Waals surface area contributed by atoms with Gasteiger partial charge in [-0.05, 0) is 24.1 Å². The number of aliphatic hydroxyl groups excluding tert-OH is 3. The molecule has 2 rings (SSSR count). The minimum absolute atomic E-state index is 0.237. The van der Waals surface area contributed by atoms with Gasteiger partial charge in [-0.3, -0.25) is 4.79 Å². The number of nitrogens with two attached hydrogens (primary N) is 1. The van der Waals surface area contributed by atoms with E-state index in [1.54, 1.807) is 0 Å². The first kappa shape index (κ1) is 23.2. The molecule has 0 aromatic heterocycles. The van der Waals surface area contributed by atoms with E-state index in [0.29, 0.717) is 17.7 Å². The maximum Gasteiger partial charge on any atom is 0.331 e. The topological polar surface area (TPSA) is 149 Å². The lowest BCUT2D eigenvalue weighted by Gasteiger charge is -2.36. The van der Waals surface area contributed by atoms with Crippen molar-refractivity contribution in [3.63, 3.8) is 0 Å². The fourth-order valence-electron chi connectivity index (χ4n) is 2.71. The summed E-state index contributed by atoms with van der Waals surface area (Å²) in [6.07, 6.45) is -5.52. The molecular formula is C19H26FNO8. The number of benzene rings is 1. The summed E-state index contributed by atoms with van der Waals surface area (Å²) < 4.78 is 28.7. The Hall–Kier alpha value is -2.11. The van der Waals surface area contributed by atoms with Crippen LogP contribution in [-0.2, 0) is 25.5 Å². The zero-order chi connectivity index (χ0) is 21.6. The maximum atomic E-state index is 13.6.